The maximum Gasteiger partial charge on any atom is 0.271 e. The first-order chi connectivity index (χ1) is 14.1. The number of thiazole rings is 1. The van der Waals surface area contributed by atoms with Crippen LogP contribution in [0.25, 0.3) is 17.8 Å². The standard InChI is InChI=1S/C24H24N3OS/c1-4-15-26-16-9-8-11-19(26)17-22-27(5-2)24(28)23(29-22)21-14-13-18-10-6-7-12-20(18)25(21)3/h4,6-14,16-17H,1,5,15H2,2-3H3/q+1/b23-21-. The van der Waals surface area contributed by atoms with Gasteiger partial charge in [0, 0.05) is 37.5 Å². The minimum atomic E-state index is 0.0563. The smallest absolute Gasteiger partial charge is 0.271 e. The summed E-state index contributed by atoms with van der Waals surface area (Å²) in [6.07, 6.45) is 10.1. The van der Waals surface area contributed by atoms with Crippen molar-refractivity contribution in [3.63, 3.8) is 0 Å². The van der Waals surface area contributed by atoms with E-state index in [2.05, 4.69) is 46.4 Å². The van der Waals surface area contributed by atoms with Crippen LogP contribution < -0.4 is 24.2 Å². The van der Waals surface area contributed by atoms with Crippen LogP contribution in [0, 0.1) is 0 Å². The van der Waals surface area contributed by atoms with Crippen molar-refractivity contribution in [3.8, 4) is 0 Å². The Kier molecular flexibility index (Phi) is 5.32. The molecule has 2 aromatic heterocycles. The minimum Gasteiger partial charge on any atom is -0.343 e. The second kappa shape index (κ2) is 8.05. The van der Waals surface area contributed by atoms with Crippen molar-refractivity contribution < 1.29 is 4.57 Å². The summed E-state index contributed by atoms with van der Waals surface area (Å²) in [5.41, 5.74) is 4.31. The molecule has 0 saturated carbocycles. The lowest BCUT2D eigenvalue weighted by atomic mass is 10.1. The maximum absolute atomic E-state index is 13.2. The molecule has 1 aliphatic heterocycles. The van der Waals surface area contributed by atoms with E-state index in [4.69, 9.17) is 0 Å². The highest BCUT2D eigenvalue weighted by Crippen LogP contribution is 2.29. The van der Waals surface area contributed by atoms with Crippen LogP contribution in [0.15, 0.2) is 72.2 Å². The number of benzene rings is 1. The number of fused-ring (bicyclic) bond motifs is 1. The van der Waals surface area contributed by atoms with Crippen molar-refractivity contribution in [2.45, 2.75) is 20.0 Å². The first-order valence-corrected chi connectivity index (χ1v) is 10.5. The van der Waals surface area contributed by atoms with Gasteiger partial charge in [0.15, 0.2) is 12.7 Å². The van der Waals surface area contributed by atoms with Crippen LogP contribution in [0.3, 0.4) is 0 Å². The maximum atomic E-state index is 13.2. The molecule has 0 aliphatic carbocycles. The molecule has 4 nitrogen and oxygen atoms in total. The number of hydrogen-bond acceptors (Lipinski definition) is 3. The molecule has 0 saturated heterocycles. The number of hydrogen-bond donors (Lipinski definition) is 0. The highest BCUT2D eigenvalue weighted by molar-refractivity contribution is 7.07. The number of nitrogens with zero attached hydrogens (tertiary/aromatic N) is 3. The van der Waals surface area contributed by atoms with Gasteiger partial charge in [-0.15, -0.1) is 11.3 Å². The first kappa shape index (κ1) is 19.2. The normalized spacial score (nSPS) is 15.5. The lowest BCUT2D eigenvalue weighted by Crippen LogP contribution is -2.37. The zero-order chi connectivity index (χ0) is 20.4. The summed E-state index contributed by atoms with van der Waals surface area (Å²) in [5.74, 6) is 0. The first-order valence-electron chi connectivity index (χ1n) is 9.70. The van der Waals surface area contributed by atoms with Gasteiger partial charge in [-0.25, -0.2) is 0 Å². The lowest BCUT2D eigenvalue weighted by molar-refractivity contribution is -0.688. The number of aromatic nitrogens is 2. The molecule has 0 bridgehead atoms. The fourth-order valence-corrected chi connectivity index (χ4v) is 4.84. The molecular weight excluding hydrogens is 378 g/mol. The Morgan fingerprint density at radius 2 is 1.93 bits per heavy atom. The average Bonchev–Trinajstić information content (AvgIpc) is 3.05. The number of pyridine rings is 1. The van der Waals surface area contributed by atoms with Gasteiger partial charge < -0.3 is 4.90 Å². The minimum absolute atomic E-state index is 0.0563. The van der Waals surface area contributed by atoms with Crippen molar-refractivity contribution >= 4 is 34.9 Å². The zero-order valence-corrected chi connectivity index (χ0v) is 17.5. The van der Waals surface area contributed by atoms with Gasteiger partial charge in [0.2, 0.25) is 5.69 Å². The third-order valence-corrected chi connectivity index (χ3v) is 6.25. The largest absolute Gasteiger partial charge is 0.343 e. The van der Waals surface area contributed by atoms with Gasteiger partial charge in [-0.05, 0) is 36.8 Å². The van der Waals surface area contributed by atoms with Gasteiger partial charge in [-0.3, -0.25) is 9.36 Å². The van der Waals surface area contributed by atoms with Gasteiger partial charge in [-0.1, -0.05) is 30.9 Å². The molecule has 0 amide bonds. The van der Waals surface area contributed by atoms with E-state index in [0.717, 1.165) is 38.4 Å². The van der Waals surface area contributed by atoms with E-state index in [-0.39, 0.29) is 5.56 Å². The molecule has 5 heteroatoms. The van der Waals surface area contributed by atoms with Gasteiger partial charge in [0.1, 0.15) is 9.20 Å². The van der Waals surface area contributed by atoms with Crippen LogP contribution >= 0.6 is 11.3 Å². The van der Waals surface area contributed by atoms with Crippen molar-refractivity contribution in [2.24, 2.45) is 0 Å². The van der Waals surface area contributed by atoms with E-state index in [1.807, 2.05) is 61.2 Å². The van der Waals surface area contributed by atoms with E-state index in [9.17, 15) is 4.79 Å². The Morgan fingerprint density at radius 3 is 2.72 bits per heavy atom. The Balaban J connectivity index is 1.94. The molecular formula is C24H24N3OS+. The molecule has 0 fully saturated rings. The van der Waals surface area contributed by atoms with Crippen LogP contribution in [0.5, 0.6) is 0 Å². The third kappa shape index (κ3) is 3.49. The van der Waals surface area contributed by atoms with E-state index in [0.29, 0.717) is 6.54 Å². The van der Waals surface area contributed by atoms with Crippen LogP contribution in [-0.4, -0.2) is 11.6 Å². The second-order valence-corrected chi connectivity index (χ2v) is 7.90. The van der Waals surface area contributed by atoms with Gasteiger partial charge >= 0.3 is 0 Å². The van der Waals surface area contributed by atoms with Crippen molar-refractivity contribution in [1.82, 2.24) is 4.57 Å². The van der Waals surface area contributed by atoms with Gasteiger partial charge in [-0.2, -0.15) is 4.57 Å². The molecule has 3 heterocycles. The molecule has 0 unspecified atom stereocenters. The lowest BCUT2D eigenvalue weighted by Gasteiger charge is -2.25. The summed E-state index contributed by atoms with van der Waals surface area (Å²) in [5, 5.41) is 0. The summed E-state index contributed by atoms with van der Waals surface area (Å²) in [4.78, 5) is 15.3. The zero-order valence-electron chi connectivity index (χ0n) is 16.7. The van der Waals surface area contributed by atoms with Crippen LogP contribution in [-0.2, 0) is 13.1 Å². The van der Waals surface area contributed by atoms with Gasteiger partial charge in [0.25, 0.3) is 5.56 Å². The summed E-state index contributed by atoms with van der Waals surface area (Å²) in [6, 6.07) is 14.3. The topological polar surface area (TPSA) is 29.1 Å². The number of anilines is 1. The summed E-state index contributed by atoms with van der Waals surface area (Å²) in [7, 11) is 2.02. The van der Waals surface area contributed by atoms with Crippen molar-refractivity contribution in [1.29, 1.82) is 0 Å². The van der Waals surface area contributed by atoms with E-state index in [1.165, 1.54) is 0 Å². The SMILES string of the molecule is C=CC[n+]1ccccc1/C=c1\s/c(=C2/C=Cc3ccccc3N2C)c(=O)n1CC. The second-order valence-electron chi connectivity index (χ2n) is 6.87. The van der Waals surface area contributed by atoms with Crippen molar-refractivity contribution in [2.75, 3.05) is 11.9 Å². The highest BCUT2D eigenvalue weighted by Gasteiger charge is 2.17. The molecule has 4 rings (SSSR count). The summed E-state index contributed by atoms with van der Waals surface area (Å²) >= 11 is 1.54. The molecule has 0 atom stereocenters. The highest BCUT2D eigenvalue weighted by atomic mass is 32.1. The number of para-hydroxylation sites is 1. The van der Waals surface area contributed by atoms with Crippen LogP contribution in [0.1, 0.15) is 18.2 Å². The monoisotopic (exact) mass is 402 g/mol. The van der Waals surface area contributed by atoms with E-state index >= 15 is 0 Å². The molecule has 0 radical (unpaired) electrons. The Morgan fingerprint density at radius 1 is 1.14 bits per heavy atom. The molecule has 0 N–H and O–H groups in total. The summed E-state index contributed by atoms with van der Waals surface area (Å²) < 4.78 is 5.68. The number of rotatable bonds is 4. The van der Waals surface area contributed by atoms with E-state index in [1.54, 1.807) is 11.3 Å². The molecule has 146 valence electrons. The Labute approximate surface area is 174 Å². The number of allylic oxidation sites excluding steroid dienone is 1. The van der Waals surface area contributed by atoms with Gasteiger partial charge in [0.05, 0.1) is 5.70 Å². The Hall–Kier alpha value is -3.18. The molecule has 1 aliphatic rings. The third-order valence-electron chi connectivity index (χ3n) is 5.11. The molecule has 0 spiro atoms. The van der Waals surface area contributed by atoms with Crippen molar-refractivity contribution in [3.05, 3.63) is 98.2 Å². The fraction of sp³-hybridized carbons (Fsp3) is 0.167. The summed E-state index contributed by atoms with van der Waals surface area (Å²) in [6.45, 7) is 7.21. The van der Waals surface area contributed by atoms with Crippen LogP contribution in [0.2, 0.25) is 0 Å². The quantitative estimate of drug-likeness (QED) is 0.496. The molecule has 29 heavy (non-hydrogen) atoms. The Bertz CT molecular complexity index is 1280. The average molecular weight is 403 g/mol. The predicted octanol–water partition coefficient (Wildman–Crippen LogP) is 2.50. The molecule has 1 aromatic carbocycles. The number of likely N-dealkylation sites (N-methyl/N-ethyl adjacent to an activating group) is 1. The van der Waals surface area contributed by atoms with E-state index < -0.39 is 0 Å². The molecule has 3 aromatic rings. The predicted molar refractivity (Wildman–Crippen MR) is 121 cm³/mol. The van der Waals surface area contributed by atoms with Crippen LogP contribution in [0.4, 0.5) is 5.69 Å². The fourth-order valence-electron chi connectivity index (χ4n) is 3.62.